The highest BCUT2D eigenvalue weighted by molar-refractivity contribution is 14.1. The Labute approximate surface area is 120 Å². The normalized spacial score (nSPS) is 24.3. The molecule has 0 amide bonds. The molecule has 0 spiro atoms. The molecule has 2 N–H and O–H groups in total. The molecule has 5 heteroatoms. The van der Waals surface area contributed by atoms with Gasteiger partial charge < -0.3 is 10.6 Å². The van der Waals surface area contributed by atoms with Gasteiger partial charge in [0.2, 0.25) is 0 Å². The Bertz CT molecular complexity index is 466. The summed E-state index contributed by atoms with van der Waals surface area (Å²) in [6, 6.07) is 3.94. The molecule has 0 aliphatic carbocycles. The second-order valence-corrected chi connectivity index (χ2v) is 6.27. The average molecular weight is 361 g/mol. The number of anilines is 2. The van der Waals surface area contributed by atoms with Crippen LogP contribution in [0.5, 0.6) is 0 Å². The number of hydrogen-bond acceptors (Lipinski definition) is 3. The van der Waals surface area contributed by atoms with Crippen LogP contribution in [0.25, 0.3) is 0 Å². The maximum atomic E-state index is 13.7. The van der Waals surface area contributed by atoms with Crippen LogP contribution in [0.4, 0.5) is 15.8 Å². The van der Waals surface area contributed by atoms with Crippen molar-refractivity contribution in [3.05, 3.63) is 21.5 Å². The van der Waals surface area contributed by atoms with Crippen LogP contribution in [-0.2, 0) is 0 Å². The quantitative estimate of drug-likeness (QED) is 0.616. The second kappa shape index (κ2) is 4.85. The number of halogens is 2. The zero-order valence-electron chi connectivity index (χ0n) is 10.2. The van der Waals surface area contributed by atoms with Gasteiger partial charge in [0.15, 0.2) is 0 Å². The third-order valence-electron chi connectivity index (χ3n) is 4.00. The molecule has 1 unspecified atom stereocenters. The van der Waals surface area contributed by atoms with Crippen molar-refractivity contribution in [2.75, 3.05) is 36.8 Å². The third kappa shape index (κ3) is 2.18. The first-order valence-corrected chi connectivity index (χ1v) is 7.46. The van der Waals surface area contributed by atoms with Crippen molar-refractivity contribution in [1.82, 2.24) is 4.90 Å². The fourth-order valence-corrected chi connectivity index (χ4v) is 3.53. The molecule has 1 aromatic carbocycles. The minimum atomic E-state index is -0.173. The number of hydrogen-bond donors (Lipinski definition) is 1. The largest absolute Gasteiger partial charge is 0.397 e. The minimum Gasteiger partial charge on any atom is -0.397 e. The zero-order chi connectivity index (χ0) is 12.7. The lowest BCUT2D eigenvalue weighted by atomic mass is 10.1. The predicted molar refractivity (Wildman–Crippen MR) is 80.3 cm³/mol. The van der Waals surface area contributed by atoms with Crippen molar-refractivity contribution in [3.63, 3.8) is 0 Å². The lowest BCUT2D eigenvalue weighted by molar-refractivity contribution is 0.231. The molecule has 1 aromatic rings. The summed E-state index contributed by atoms with van der Waals surface area (Å²) in [6.07, 6.45) is 2.54. The van der Waals surface area contributed by atoms with Crippen LogP contribution in [0, 0.1) is 9.39 Å². The van der Waals surface area contributed by atoms with Gasteiger partial charge in [-0.2, -0.15) is 0 Å². The van der Waals surface area contributed by atoms with Crippen LogP contribution in [0.1, 0.15) is 12.8 Å². The molecule has 2 saturated heterocycles. The maximum Gasteiger partial charge on any atom is 0.138 e. The van der Waals surface area contributed by atoms with Gasteiger partial charge in [-0.1, -0.05) is 0 Å². The Kier molecular flexibility index (Phi) is 3.36. The van der Waals surface area contributed by atoms with E-state index in [1.165, 1.54) is 19.4 Å². The van der Waals surface area contributed by atoms with Crippen molar-refractivity contribution in [3.8, 4) is 0 Å². The van der Waals surface area contributed by atoms with E-state index in [1.54, 1.807) is 12.1 Å². The topological polar surface area (TPSA) is 32.5 Å². The zero-order valence-corrected chi connectivity index (χ0v) is 12.4. The third-order valence-corrected chi connectivity index (χ3v) is 4.82. The molecule has 2 fully saturated rings. The fourth-order valence-electron chi connectivity index (χ4n) is 3.04. The first-order chi connectivity index (χ1) is 8.65. The molecule has 0 radical (unpaired) electrons. The lowest BCUT2D eigenvalue weighted by Gasteiger charge is -2.39. The summed E-state index contributed by atoms with van der Waals surface area (Å²) in [5.74, 6) is -0.173. The van der Waals surface area contributed by atoms with Crippen molar-refractivity contribution in [2.24, 2.45) is 0 Å². The van der Waals surface area contributed by atoms with E-state index in [-0.39, 0.29) is 5.82 Å². The molecule has 3 nitrogen and oxygen atoms in total. The van der Waals surface area contributed by atoms with Gasteiger partial charge in [0.1, 0.15) is 5.82 Å². The van der Waals surface area contributed by atoms with Crippen molar-refractivity contribution in [2.45, 2.75) is 18.9 Å². The number of nitrogens with zero attached hydrogens (tertiary/aromatic N) is 2. The van der Waals surface area contributed by atoms with Crippen molar-refractivity contribution in [1.29, 1.82) is 0 Å². The fraction of sp³-hybridized carbons (Fsp3) is 0.538. The van der Waals surface area contributed by atoms with Gasteiger partial charge in [-0.3, -0.25) is 4.90 Å². The molecular weight excluding hydrogens is 344 g/mol. The Morgan fingerprint density at radius 1 is 1.28 bits per heavy atom. The van der Waals surface area contributed by atoms with Gasteiger partial charge in [0.05, 0.1) is 14.9 Å². The molecular formula is C13H17FIN3. The van der Waals surface area contributed by atoms with Crippen LogP contribution in [-0.4, -0.2) is 37.1 Å². The van der Waals surface area contributed by atoms with Crippen LogP contribution in [0.15, 0.2) is 12.1 Å². The molecule has 2 aliphatic heterocycles. The number of benzene rings is 1. The first kappa shape index (κ1) is 12.5. The Hall–Kier alpha value is -0.560. The second-order valence-electron chi connectivity index (χ2n) is 5.10. The Morgan fingerprint density at radius 3 is 2.94 bits per heavy atom. The number of rotatable bonds is 1. The molecule has 0 aromatic heterocycles. The predicted octanol–water partition coefficient (Wildman–Crippen LogP) is 2.30. The molecule has 1 atom stereocenters. The van der Waals surface area contributed by atoms with E-state index in [0.717, 1.165) is 25.3 Å². The van der Waals surface area contributed by atoms with Gasteiger partial charge in [-0.15, -0.1) is 0 Å². The number of nitrogens with two attached hydrogens (primary N) is 1. The monoisotopic (exact) mass is 361 g/mol. The van der Waals surface area contributed by atoms with E-state index in [1.807, 2.05) is 22.6 Å². The van der Waals surface area contributed by atoms with E-state index in [9.17, 15) is 4.39 Å². The average Bonchev–Trinajstić information content (AvgIpc) is 2.80. The first-order valence-electron chi connectivity index (χ1n) is 6.38. The standard InChI is InChI=1S/C13H17FIN3/c14-10-6-13(12(16)7-11(10)15)18-5-4-17-3-1-2-9(17)8-18/h6-7,9H,1-5,8,16H2. The molecule has 98 valence electrons. The van der Waals surface area contributed by atoms with Crippen molar-refractivity contribution < 1.29 is 4.39 Å². The molecule has 18 heavy (non-hydrogen) atoms. The summed E-state index contributed by atoms with van der Waals surface area (Å²) >= 11 is 1.98. The summed E-state index contributed by atoms with van der Waals surface area (Å²) in [4.78, 5) is 4.77. The summed E-state index contributed by atoms with van der Waals surface area (Å²) in [6.45, 7) is 4.21. The Morgan fingerprint density at radius 2 is 2.11 bits per heavy atom. The van der Waals surface area contributed by atoms with Gasteiger partial charge >= 0.3 is 0 Å². The molecule has 3 rings (SSSR count). The van der Waals surface area contributed by atoms with E-state index in [0.29, 0.717) is 15.3 Å². The summed E-state index contributed by atoms with van der Waals surface area (Å²) in [5, 5.41) is 0. The van der Waals surface area contributed by atoms with Gasteiger partial charge in [0, 0.05) is 31.7 Å². The number of nitrogen functional groups attached to an aromatic ring is 1. The van der Waals surface area contributed by atoms with E-state index in [2.05, 4.69) is 9.80 Å². The van der Waals surface area contributed by atoms with Crippen LogP contribution in [0.2, 0.25) is 0 Å². The smallest absolute Gasteiger partial charge is 0.138 e. The summed E-state index contributed by atoms with van der Waals surface area (Å²) in [7, 11) is 0. The minimum absolute atomic E-state index is 0.173. The van der Waals surface area contributed by atoms with E-state index < -0.39 is 0 Å². The van der Waals surface area contributed by atoms with Crippen molar-refractivity contribution >= 4 is 34.0 Å². The SMILES string of the molecule is Nc1cc(I)c(F)cc1N1CCN2CCCC2C1. The summed E-state index contributed by atoms with van der Waals surface area (Å²) < 4.78 is 14.3. The van der Waals surface area contributed by atoms with Crippen LogP contribution in [0.3, 0.4) is 0 Å². The van der Waals surface area contributed by atoms with Crippen LogP contribution >= 0.6 is 22.6 Å². The number of fused-ring (bicyclic) bond motifs is 1. The number of piperazine rings is 1. The van der Waals surface area contributed by atoms with E-state index in [4.69, 9.17) is 5.73 Å². The highest BCUT2D eigenvalue weighted by atomic mass is 127. The Balaban J connectivity index is 1.84. The van der Waals surface area contributed by atoms with E-state index >= 15 is 0 Å². The molecule has 2 heterocycles. The lowest BCUT2D eigenvalue weighted by Crippen LogP contribution is -2.50. The van der Waals surface area contributed by atoms with Gasteiger partial charge in [0.25, 0.3) is 0 Å². The van der Waals surface area contributed by atoms with Gasteiger partial charge in [-0.25, -0.2) is 4.39 Å². The molecule has 0 saturated carbocycles. The highest BCUT2D eigenvalue weighted by Gasteiger charge is 2.31. The highest BCUT2D eigenvalue weighted by Crippen LogP contribution is 2.31. The molecule has 0 bridgehead atoms. The summed E-state index contributed by atoms with van der Waals surface area (Å²) in [5.41, 5.74) is 7.58. The molecule has 2 aliphatic rings. The maximum absolute atomic E-state index is 13.7. The van der Waals surface area contributed by atoms with Gasteiger partial charge in [-0.05, 0) is 48.0 Å². The van der Waals surface area contributed by atoms with Crippen LogP contribution < -0.4 is 10.6 Å².